The Hall–Kier alpha value is -3.56. The lowest BCUT2D eigenvalue weighted by Crippen LogP contribution is -2.22. The molecule has 0 bridgehead atoms. The highest BCUT2D eigenvalue weighted by Crippen LogP contribution is 2.32. The minimum Gasteiger partial charge on any atom is -0.444 e. The number of hydrogen-bond acceptors (Lipinski definition) is 7. The topological polar surface area (TPSA) is 115 Å². The highest BCUT2D eigenvalue weighted by Gasteiger charge is 2.25. The highest BCUT2D eigenvalue weighted by atomic mass is 16.5. The normalized spacial score (nSPS) is 15.1. The molecule has 1 aliphatic rings. The van der Waals surface area contributed by atoms with Gasteiger partial charge in [0, 0.05) is 48.3 Å². The molecule has 4 aromatic rings. The Labute approximate surface area is 196 Å². The molecule has 4 aromatic heterocycles. The van der Waals surface area contributed by atoms with Crippen molar-refractivity contribution >= 4 is 17.1 Å². The molecule has 0 atom stereocenters. The highest BCUT2D eigenvalue weighted by molar-refractivity contribution is 6.03. The van der Waals surface area contributed by atoms with E-state index in [0.29, 0.717) is 23.1 Å². The largest absolute Gasteiger partial charge is 0.444 e. The first-order valence-electron chi connectivity index (χ1n) is 11.3. The number of rotatable bonds is 5. The molecule has 176 valence electrons. The van der Waals surface area contributed by atoms with Crippen molar-refractivity contribution in [1.82, 2.24) is 19.6 Å². The van der Waals surface area contributed by atoms with Gasteiger partial charge in [-0.25, -0.2) is 9.50 Å². The molecule has 0 radical (unpaired) electrons. The minimum absolute atomic E-state index is 0.141. The standard InChI is InChI=1S/C25H27N5O4/c1-15-10-17(4-7-26-15)24-28-22(14-34-24)23(31)27-21-12-18-11-20(16-5-8-33-9-6-16)29-30(18)13-19(21)25(2,3)32/h4,7,10-14,16,32H,5-6,8-9H2,1-3H3,(H,27,31). The van der Waals surface area contributed by atoms with E-state index in [9.17, 15) is 9.90 Å². The van der Waals surface area contributed by atoms with E-state index in [1.54, 1.807) is 36.8 Å². The van der Waals surface area contributed by atoms with Gasteiger partial charge in [-0.1, -0.05) is 0 Å². The summed E-state index contributed by atoms with van der Waals surface area (Å²) in [5.74, 6) is 0.244. The van der Waals surface area contributed by atoms with E-state index in [1.165, 1.54) is 6.26 Å². The number of amides is 1. The van der Waals surface area contributed by atoms with Gasteiger partial charge in [0.2, 0.25) is 5.89 Å². The van der Waals surface area contributed by atoms with Gasteiger partial charge in [-0.2, -0.15) is 5.10 Å². The lowest BCUT2D eigenvalue weighted by molar-refractivity contribution is 0.0787. The van der Waals surface area contributed by atoms with E-state index < -0.39 is 11.5 Å². The number of carbonyl (C=O) groups is 1. The van der Waals surface area contributed by atoms with Crippen LogP contribution in [0.2, 0.25) is 0 Å². The Morgan fingerprint density at radius 3 is 2.76 bits per heavy atom. The quantitative estimate of drug-likeness (QED) is 0.460. The van der Waals surface area contributed by atoms with Gasteiger partial charge in [0.05, 0.1) is 22.5 Å². The Balaban J connectivity index is 1.45. The fourth-order valence-electron chi connectivity index (χ4n) is 4.22. The summed E-state index contributed by atoms with van der Waals surface area (Å²) in [6.07, 6.45) is 6.61. The summed E-state index contributed by atoms with van der Waals surface area (Å²) in [5, 5.41) is 18.4. The van der Waals surface area contributed by atoms with Crippen LogP contribution in [0.5, 0.6) is 0 Å². The number of ether oxygens (including phenoxy) is 1. The Morgan fingerprint density at radius 1 is 1.24 bits per heavy atom. The predicted molar refractivity (Wildman–Crippen MR) is 126 cm³/mol. The monoisotopic (exact) mass is 461 g/mol. The third-order valence-electron chi connectivity index (χ3n) is 6.04. The maximum absolute atomic E-state index is 13.0. The minimum atomic E-state index is -1.20. The molecule has 34 heavy (non-hydrogen) atoms. The Bertz CT molecular complexity index is 1350. The smallest absolute Gasteiger partial charge is 0.277 e. The molecule has 0 saturated carbocycles. The summed E-state index contributed by atoms with van der Waals surface area (Å²) in [6.45, 7) is 6.68. The summed E-state index contributed by atoms with van der Waals surface area (Å²) in [6, 6.07) is 7.47. The molecule has 5 heterocycles. The van der Waals surface area contributed by atoms with Crippen molar-refractivity contribution in [2.24, 2.45) is 0 Å². The van der Waals surface area contributed by atoms with Crippen molar-refractivity contribution in [3.05, 3.63) is 65.6 Å². The van der Waals surface area contributed by atoms with E-state index in [2.05, 4.69) is 15.3 Å². The maximum Gasteiger partial charge on any atom is 0.277 e. The number of oxazole rings is 1. The van der Waals surface area contributed by atoms with Gasteiger partial charge in [-0.15, -0.1) is 0 Å². The number of aliphatic hydroxyl groups is 1. The van der Waals surface area contributed by atoms with Crippen LogP contribution in [-0.2, 0) is 10.3 Å². The molecule has 1 amide bonds. The zero-order valence-electron chi connectivity index (χ0n) is 19.4. The summed E-state index contributed by atoms with van der Waals surface area (Å²) in [4.78, 5) is 21.5. The molecule has 1 saturated heterocycles. The van der Waals surface area contributed by atoms with Crippen molar-refractivity contribution in [2.45, 2.75) is 45.1 Å². The van der Waals surface area contributed by atoms with Gasteiger partial charge >= 0.3 is 0 Å². The van der Waals surface area contributed by atoms with Gasteiger partial charge in [0.25, 0.3) is 5.91 Å². The third-order valence-corrected chi connectivity index (χ3v) is 6.04. The van der Waals surface area contributed by atoms with Crippen molar-refractivity contribution in [2.75, 3.05) is 18.5 Å². The number of pyridine rings is 2. The van der Waals surface area contributed by atoms with Crippen LogP contribution in [0, 0.1) is 6.92 Å². The Kier molecular flexibility index (Phi) is 5.66. The van der Waals surface area contributed by atoms with Gasteiger partial charge in [-0.05, 0) is 57.9 Å². The lowest BCUT2D eigenvalue weighted by Gasteiger charge is -2.22. The van der Waals surface area contributed by atoms with Crippen molar-refractivity contribution in [3.63, 3.8) is 0 Å². The summed E-state index contributed by atoms with van der Waals surface area (Å²) in [7, 11) is 0. The second kappa shape index (κ2) is 8.66. The molecule has 0 aliphatic carbocycles. The second-order valence-corrected chi connectivity index (χ2v) is 9.16. The van der Waals surface area contributed by atoms with Gasteiger partial charge in [0.1, 0.15) is 6.26 Å². The number of aromatic nitrogens is 4. The van der Waals surface area contributed by atoms with Crippen LogP contribution in [-0.4, -0.2) is 43.8 Å². The third kappa shape index (κ3) is 4.44. The van der Waals surface area contributed by atoms with E-state index in [0.717, 1.165) is 48.5 Å². The molecule has 1 fully saturated rings. The van der Waals surface area contributed by atoms with Crippen LogP contribution >= 0.6 is 0 Å². The van der Waals surface area contributed by atoms with Crippen LogP contribution in [0.15, 0.2) is 47.3 Å². The van der Waals surface area contributed by atoms with Gasteiger partial charge in [0.15, 0.2) is 5.69 Å². The fourth-order valence-corrected chi connectivity index (χ4v) is 4.22. The number of anilines is 1. The number of carbonyl (C=O) groups excluding carboxylic acids is 1. The molecular formula is C25H27N5O4. The molecule has 9 nitrogen and oxygen atoms in total. The summed E-state index contributed by atoms with van der Waals surface area (Å²) < 4.78 is 12.8. The van der Waals surface area contributed by atoms with E-state index in [4.69, 9.17) is 14.3 Å². The van der Waals surface area contributed by atoms with Crippen LogP contribution in [0.3, 0.4) is 0 Å². The molecule has 0 unspecified atom stereocenters. The lowest BCUT2D eigenvalue weighted by atomic mass is 9.96. The van der Waals surface area contributed by atoms with Crippen LogP contribution < -0.4 is 5.32 Å². The van der Waals surface area contributed by atoms with Crippen molar-refractivity contribution in [1.29, 1.82) is 0 Å². The summed E-state index contributed by atoms with van der Waals surface area (Å²) >= 11 is 0. The predicted octanol–water partition coefficient (Wildman–Crippen LogP) is 4.07. The number of nitrogens with zero attached hydrogens (tertiary/aromatic N) is 4. The van der Waals surface area contributed by atoms with Crippen LogP contribution in [0.1, 0.15) is 60.0 Å². The maximum atomic E-state index is 13.0. The van der Waals surface area contributed by atoms with Crippen molar-refractivity contribution < 1.29 is 19.1 Å². The summed E-state index contributed by atoms with van der Waals surface area (Å²) in [5.41, 5.74) is 3.36. The average Bonchev–Trinajstić information content (AvgIpc) is 3.46. The Morgan fingerprint density at radius 2 is 2.03 bits per heavy atom. The van der Waals surface area contributed by atoms with Gasteiger partial charge < -0.3 is 19.6 Å². The molecule has 2 N–H and O–H groups in total. The first-order chi connectivity index (χ1) is 16.3. The number of aryl methyl sites for hydroxylation is 1. The zero-order valence-corrected chi connectivity index (χ0v) is 19.4. The molecule has 9 heteroatoms. The second-order valence-electron chi connectivity index (χ2n) is 9.16. The number of fused-ring (bicyclic) bond motifs is 1. The molecule has 0 aromatic carbocycles. The van der Waals surface area contributed by atoms with Crippen LogP contribution in [0.25, 0.3) is 17.0 Å². The first-order valence-corrected chi connectivity index (χ1v) is 11.3. The zero-order chi connectivity index (χ0) is 23.9. The van der Waals surface area contributed by atoms with Gasteiger partial charge in [-0.3, -0.25) is 9.78 Å². The fraction of sp³-hybridized carbons (Fsp3) is 0.360. The molecule has 1 aliphatic heterocycles. The molecule has 5 rings (SSSR count). The molecule has 0 spiro atoms. The van der Waals surface area contributed by atoms with E-state index in [1.807, 2.05) is 25.1 Å². The number of nitrogens with one attached hydrogen (secondary N) is 1. The first kappa shape index (κ1) is 22.2. The number of hydrogen-bond donors (Lipinski definition) is 2. The molecular weight excluding hydrogens is 434 g/mol. The van der Waals surface area contributed by atoms with E-state index >= 15 is 0 Å². The average molecular weight is 462 g/mol. The van der Waals surface area contributed by atoms with E-state index in [-0.39, 0.29) is 5.69 Å². The SMILES string of the molecule is Cc1cc(-c2nc(C(=O)Nc3cc4cc(C5CCOCC5)nn4cc3C(C)(C)O)co2)ccn1. The van der Waals surface area contributed by atoms with Crippen LogP contribution in [0.4, 0.5) is 5.69 Å². The van der Waals surface area contributed by atoms with Crippen molar-refractivity contribution in [3.8, 4) is 11.5 Å².